The number of thiophene rings is 1. The van der Waals surface area contributed by atoms with E-state index < -0.39 is 0 Å². The van der Waals surface area contributed by atoms with E-state index in [1.54, 1.807) is 24.6 Å². The van der Waals surface area contributed by atoms with E-state index in [9.17, 15) is 4.79 Å². The maximum atomic E-state index is 12.8. The number of ether oxygens (including phenoxy) is 1. The molecule has 5 rings (SSSR count). The number of halogens is 1. The summed E-state index contributed by atoms with van der Waals surface area (Å²) in [6.45, 7) is 0.349. The fourth-order valence-corrected chi connectivity index (χ4v) is 5.07. The Morgan fingerprint density at radius 3 is 2.93 bits per heavy atom. The molecule has 4 aromatic rings. The van der Waals surface area contributed by atoms with Crippen LogP contribution in [0.4, 0.5) is 0 Å². The first-order chi connectivity index (χ1) is 14.2. The molecule has 146 valence electrons. The molecule has 0 fully saturated rings. The van der Waals surface area contributed by atoms with Crippen LogP contribution in [0, 0.1) is 0 Å². The van der Waals surface area contributed by atoms with Crippen molar-refractivity contribution in [2.75, 3.05) is 7.11 Å². The summed E-state index contributed by atoms with van der Waals surface area (Å²) in [5, 5.41) is 7.51. The minimum Gasteiger partial charge on any atom is -0.378 e. The molecule has 1 atom stereocenters. The average Bonchev–Trinajstić information content (AvgIpc) is 3.36. The van der Waals surface area contributed by atoms with Crippen molar-refractivity contribution in [1.82, 2.24) is 14.6 Å². The van der Waals surface area contributed by atoms with E-state index in [0.717, 1.165) is 34.6 Å². The Bertz CT molecular complexity index is 1220. The molecule has 0 bridgehead atoms. The number of aromatic nitrogens is 3. The number of carbonyl (C=O) groups is 1. The summed E-state index contributed by atoms with van der Waals surface area (Å²) in [6.07, 6.45) is 2.96. The van der Waals surface area contributed by atoms with Gasteiger partial charge in [-0.15, -0.1) is 11.3 Å². The summed E-state index contributed by atoms with van der Waals surface area (Å²) in [5.41, 5.74) is 4.90. The van der Waals surface area contributed by atoms with Crippen LogP contribution in [-0.2, 0) is 17.8 Å². The maximum Gasteiger partial charge on any atom is 0.166 e. The number of benzene rings is 1. The number of rotatable bonds is 4. The highest BCUT2D eigenvalue weighted by Gasteiger charge is 2.31. The Balaban J connectivity index is 1.72. The van der Waals surface area contributed by atoms with Crippen molar-refractivity contribution >= 4 is 34.4 Å². The third-order valence-corrected chi connectivity index (χ3v) is 6.60. The van der Waals surface area contributed by atoms with Crippen molar-refractivity contribution in [2.24, 2.45) is 0 Å². The van der Waals surface area contributed by atoms with Gasteiger partial charge in [-0.3, -0.25) is 4.79 Å². The smallest absolute Gasteiger partial charge is 0.166 e. The molecule has 1 aliphatic rings. The van der Waals surface area contributed by atoms with Gasteiger partial charge in [0, 0.05) is 35.5 Å². The molecule has 0 saturated carbocycles. The van der Waals surface area contributed by atoms with E-state index in [1.165, 1.54) is 4.88 Å². The lowest BCUT2D eigenvalue weighted by Crippen LogP contribution is -2.22. The maximum absolute atomic E-state index is 12.8. The predicted octanol–water partition coefficient (Wildman–Crippen LogP) is 5.17. The number of fused-ring (bicyclic) bond motifs is 3. The monoisotopic (exact) mass is 423 g/mol. The summed E-state index contributed by atoms with van der Waals surface area (Å²) < 4.78 is 7.22. The zero-order valence-electron chi connectivity index (χ0n) is 15.8. The topological polar surface area (TPSA) is 56.5 Å². The van der Waals surface area contributed by atoms with Gasteiger partial charge < -0.3 is 4.74 Å². The molecule has 7 heteroatoms. The van der Waals surface area contributed by atoms with Crippen molar-refractivity contribution in [1.29, 1.82) is 0 Å². The van der Waals surface area contributed by atoms with Crippen LogP contribution in [0.2, 0.25) is 5.02 Å². The van der Waals surface area contributed by atoms with Crippen LogP contribution >= 0.6 is 22.9 Å². The predicted molar refractivity (Wildman–Crippen MR) is 114 cm³/mol. The Labute approximate surface area is 176 Å². The zero-order valence-corrected chi connectivity index (χ0v) is 17.3. The summed E-state index contributed by atoms with van der Waals surface area (Å²) in [7, 11) is 1.64. The lowest BCUT2D eigenvalue weighted by Gasteiger charge is -2.23. The Hall–Kier alpha value is -2.54. The standard InChI is InChI=1S/C22H18ClN3O2S/c1-28-12-17-21(13-4-2-5-15(23)8-13)22-24-11-16-18(26(22)25-17)9-14(10-19(16)27)20-6-3-7-29-20/h2-8,11,14H,9-10,12H2,1H3/t14-/m1/s1. The van der Waals surface area contributed by atoms with Gasteiger partial charge in [0.15, 0.2) is 11.4 Å². The van der Waals surface area contributed by atoms with Gasteiger partial charge in [-0.05, 0) is 35.6 Å². The third-order valence-electron chi connectivity index (χ3n) is 5.33. The average molecular weight is 424 g/mol. The highest BCUT2D eigenvalue weighted by Crippen LogP contribution is 2.37. The zero-order chi connectivity index (χ0) is 20.0. The lowest BCUT2D eigenvalue weighted by molar-refractivity contribution is 0.0962. The number of hydrogen-bond acceptors (Lipinski definition) is 5. The fourth-order valence-electron chi connectivity index (χ4n) is 4.05. The molecule has 5 nitrogen and oxygen atoms in total. The van der Waals surface area contributed by atoms with Crippen molar-refractivity contribution in [3.05, 3.63) is 74.8 Å². The molecule has 0 N–H and O–H groups in total. The number of carbonyl (C=O) groups excluding carboxylic acids is 1. The molecule has 0 amide bonds. The van der Waals surface area contributed by atoms with Crippen molar-refractivity contribution in [3.8, 4) is 11.1 Å². The molecule has 0 radical (unpaired) electrons. The number of nitrogens with zero attached hydrogens (tertiary/aromatic N) is 3. The van der Waals surface area contributed by atoms with E-state index >= 15 is 0 Å². The van der Waals surface area contributed by atoms with Crippen molar-refractivity contribution in [2.45, 2.75) is 25.4 Å². The second-order valence-electron chi connectivity index (χ2n) is 7.16. The number of hydrogen-bond donors (Lipinski definition) is 0. The molecule has 0 unspecified atom stereocenters. The molecule has 1 aromatic carbocycles. The Kier molecular flexibility index (Phi) is 4.70. The van der Waals surface area contributed by atoms with E-state index in [0.29, 0.717) is 23.6 Å². The molecule has 29 heavy (non-hydrogen) atoms. The SMILES string of the molecule is COCc1nn2c3c(cnc2c1-c1cccc(Cl)c1)C(=O)C[C@H](c1cccs1)C3. The van der Waals surface area contributed by atoms with Gasteiger partial charge in [0.05, 0.1) is 29.1 Å². The molecule has 3 heterocycles. The van der Waals surface area contributed by atoms with Gasteiger partial charge >= 0.3 is 0 Å². The van der Waals surface area contributed by atoms with E-state index in [1.807, 2.05) is 34.8 Å². The molecule has 1 aliphatic carbocycles. The highest BCUT2D eigenvalue weighted by atomic mass is 35.5. The molecule has 0 saturated heterocycles. The minimum atomic E-state index is 0.118. The van der Waals surface area contributed by atoms with Crippen molar-refractivity contribution < 1.29 is 9.53 Å². The quantitative estimate of drug-likeness (QED) is 0.454. The Morgan fingerprint density at radius 2 is 2.17 bits per heavy atom. The second kappa shape index (κ2) is 7.37. The molecule has 0 aliphatic heterocycles. The summed E-state index contributed by atoms with van der Waals surface area (Å²) in [4.78, 5) is 18.7. The summed E-state index contributed by atoms with van der Waals surface area (Å²) in [6, 6.07) is 11.8. The van der Waals surface area contributed by atoms with Crippen LogP contribution in [-0.4, -0.2) is 27.5 Å². The van der Waals surface area contributed by atoms with Crippen LogP contribution in [0.3, 0.4) is 0 Å². The van der Waals surface area contributed by atoms with Crippen LogP contribution < -0.4 is 0 Å². The van der Waals surface area contributed by atoms with Gasteiger partial charge in [-0.2, -0.15) is 5.10 Å². The number of Topliss-reactive ketones (excluding diaryl/α,β-unsaturated/α-hetero) is 1. The van der Waals surface area contributed by atoms with Gasteiger partial charge in [0.2, 0.25) is 0 Å². The Morgan fingerprint density at radius 1 is 1.28 bits per heavy atom. The van der Waals surface area contributed by atoms with Crippen molar-refractivity contribution in [3.63, 3.8) is 0 Å². The number of methoxy groups -OCH3 is 1. The molecule has 0 spiro atoms. The van der Waals surface area contributed by atoms with Gasteiger partial charge in [0.1, 0.15) is 0 Å². The highest BCUT2D eigenvalue weighted by molar-refractivity contribution is 7.10. The van der Waals surface area contributed by atoms with Gasteiger partial charge in [-0.25, -0.2) is 9.50 Å². The minimum absolute atomic E-state index is 0.118. The normalized spacial score (nSPS) is 16.3. The second-order valence-corrected chi connectivity index (χ2v) is 8.58. The lowest BCUT2D eigenvalue weighted by atomic mass is 9.85. The van der Waals surface area contributed by atoms with E-state index in [2.05, 4.69) is 16.4 Å². The first-order valence-electron chi connectivity index (χ1n) is 9.36. The first kappa shape index (κ1) is 18.5. The van der Waals surface area contributed by atoms with Gasteiger partial charge in [0.25, 0.3) is 0 Å². The molecular formula is C22H18ClN3O2S. The van der Waals surface area contributed by atoms with Crippen LogP contribution in [0.5, 0.6) is 0 Å². The fraction of sp³-hybridized carbons (Fsp3) is 0.227. The van der Waals surface area contributed by atoms with Gasteiger partial charge in [-0.1, -0.05) is 29.8 Å². The molecule has 3 aromatic heterocycles. The van der Waals surface area contributed by atoms with Crippen LogP contribution in [0.25, 0.3) is 16.8 Å². The third kappa shape index (κ3) is 3.17. The van der Waals surface area contributed by atoms with E-state index in [-0.39, 0.29) is 11.7 Å². The van der Waals surface area contributed by atoms with Crippen LogP contribution in [0.1, 0.15) is 39.0 Å². The first-order valence-corrected chi connectivity index (χ1v) is 10.6. The van der Waals surface area contributed by atoms with E-state index in [4.69, 9.17) is 21.4 Å². The summed E-state index contributed by atoms with van der Waals surface area (Å²) in [5.74, 6) is 0.289. The van der Waals surface area contributed by atoms with Crippen LogP contribution in [0.15, 0.2) is 48.0 Å². The molecular weight excluding hydrogens is 406 g/mol. The summed E-state index contributed by atoms with van der Waals surface area (Å²) >= 11 is 7.92. The number of ketones is 1. The largest absolute Gasteiger partial charge is 0.378 e.